The number of amides is 1. The van der Waals surface area contributed by atoms with Crippen molar-refractivity contribution < 1.29 is 4.79 Å². The fourth-order valence-corrected chi connectivity index (χ4v) is 2.88. The van der Waals surface area contributed by atoms with Crippen LogP contribution >= 0.6 is 31.9 Å². The van der Waals surface area contributed by atoms with Gasteiger partial charge in [0.05, 0.1) is 0 Å². The van der Waals surface area contributed by atoms with Crippen LogP contribution in [0.1, 0.15) is 42.9 Å². The minimum atomic E-state index is -0.247. The molecule has 5 heteroatoms. The predicted octanol–water partition coefficient (Wildman–Crippen LogP) is 3.57. The molecule has 1 amide bonds. The number of carbonyl (C=O) groups excluding carboxylic acids is 1. The van der Waals surface area contributed by atoms with Gasteiger partial charge in [-0.15, -0.1) is 0 Å². The number of unbranched alkanes of at least 4 members (excludes halogenated alkanes) is 1. The molecule has 1 rings (SSSR count). The molecule has 1 atom stereocenters. The van der Waals surface area contributed by atoms with Gasteiger partial charge in [-0.1, -0.05) is 38.3 Å². The van der Waals surface area contributed by atoms with E-state index in [4.69, 9.17) is 11.5 Å². The molecule has 1 unspecified atom stereocenters. The Morgan fingerprint density at radius 3 is 2.56 bits per heavy atom. The van der Waals surface area contributed by atoms with Crippen LogP contribution in [0.25, 0.3) is 0 Å². The summed E-state index contributed by atoms with van der Waals surface area (Å²) in [6, 6.07) is 4.09. The summed E-state index contributed by atoms with van der Waals surface area (Å²) < 4.78 is 2.10. The third-order valence-corrected chi connectivity index (χ3v) is 4.41. The molecule has 0 aliphatic rings. The largest absolute Gasteiger partial charge is 0.370 e. The summed E-state index contributed by atoms with van der Waals surface area (Å²) in [6.45, 7) is 2.04. The van der Waals surface area contributed by atoms with Crippen LogP contribution < -0.4 is 11.5 Å². The molecule has 0 heterocycles. The van der Waals surface area contributed by atoms with Crippen LogP contribution in [0.15, 0.2) is 21.1 Å². The molecule has 100 valence electrons. The number of hydrogen-bond donors (Lipinski definition) is 2. The summed E-state index contributed by atoms with van der Waals surface area (Å²) in [5.74, 6) is -0.247. The summed E-state index contributed by atoms with van der Waals surface area (Å²) in [6.07, 6.45) is 2.99. The van der Waals surface area contributed by atoms with Crippen molar-refractivity contribution in [3.05, 3.63) is 32.2 Å². The Labute approximate surface area is 125 Å². The lowest BCUT2D eigenvalue weighted by molar-refractivity contribution is -0.118. The smallest absolute Gasteiger partial charge is 0.217 e. The lowest BCUT2D eigenvalue weighted by Crippen LogP contribution is -2.13. The molecule has 0 radical (unpaired) electrons. The van der Waals surface area contributed by atoms with Gasteiger partial charge in [0, 0.05) is 21.4 Å². The van der Waals surface area contributed by atoms with Gasteiger partial charge in [0.25, 0.3) is 0 Å². The van der Waals surface area contributed by atoms with E-state index >= 15 is 0 Å². The molecule has 0 aliphatic heterocycles. The van der Waals surface area contributed by atoms with Gasteiger partial charge in [0.2, 0.25) is 5.91 Å². The Kier molecular flexibility index (Phi) is 6.32. The normalized spacial score (nSPS) is 12.4. The minimum Gasteiger partial charge on any atom is -0.370 e. The average Bonchev–Trinajstić information content (AvgIpc) is 2.28. The lowest BCUT2D eigenvalue weighted by Gasteiger charge is -2.15. The van der Waals surface area contributed by atoms with E-state index in [0.717, 1.165) is 33.8 Å². The van der Waals surface area contributed by atoms with Crippen LogP contribution in [-0.4, -0.2) is 5.91 Å². The maximum absolute atomic E-state index is 10.6. The number of nitrogens with two attached hydrogens (primary N) is 2. The highest BCUT2D eigenvalue weighted by Gasteiger charge is 2.11. The standard InChI is InChI=1S/C13H18Br2N2O/c1-8-6-11(15)9(7-10(8)14)12(16)4-2-3-5-13(17)18/h6-7,12H,2-5,16H2,1H3,(H2,17,18). The molecule has 1 aromatic rings. The number of carbonyl (C=O) groups is 1. The third-order valence-electron chi connectivity index (χ3n) is 2.87. The first-order chi connectivity index (χ1) is 8.41. The predicted molar refractivity (Wildman–Crippen MR) is 81.2 cm³/mol. The number of aryl methyl sites for hydroxylation is 1. The molecule has 0 fully saturated rings. The molecule has 0 saturated carbocycles. The zero-order valence-electron chi connectivity index (χ0n) is 10.4. The van der Waals surface area contributed by atoms with Gasteiger partial charge in [0.1, 0.15) is 0 Å². The average molecular weight is 378 g/mol. The first-order valence-corrected chi connectivity index (χ1v) is 7.50. The number of rotatable bonds is 6. The van der Waals surface area contributed by atoms with Crippen LogP contribution in [0.4, 0.5) is 0 Å². The summed E-state index contributed by atoms with van der Waals surface area (Å²) in [5, 5.41) is 0. The topological polar surface area (TPSA) is 69.1 Å². The van der Waals surface area contributed by atoms with Crippen molar-refractivity contribution in [3.63, 3.8) is 0 Å². The molecule has 0 aromatic heterocycles. The summed E-state index contributed by atoms with van der Waals surface area (Å²) in [5.41, 5.74) is 13.5. The van der Waals surface area contributed by atoms with Crippen LogP contribution in [0.2, 0.25) is 0 Å². The number of hydrogen-bond acceptors (Lipinski definition) is 2. The van der Waals surface area contributed by atoms with Crippen molar-refractivity contribution in [1.82, 2.24) is 0 Å². The molecule has 4 N–H and O–H groups in total. The molecule has 0 bridgehead atoms. The summed E-state index contributed by atoms with van der Waals surface area (Å²) in [7, 11) is 0. The van der Waals surface area contributed by atoms with Gasteiger partial charge >= 0.3 is 0 Å². The summed E-state index contributed by atoms with van der Waals surface area (Å²) in [4.78, 5) is 10.6. The highest BCUT2D eigenvalue weighted by Crippen LogP contribution is 2.30. The van der Waals surface area contributed by atoms with Crippen LogP contribution in [0.3, 0.4) is 0 Å². The molecule has 1 aromatic carbocycles. The zero-order valence-corrected chi connectivity index (χ0v) is 13.6. The lowest BCUT2D eigenvalue weighted by atomic mass is 10.0. The van der Waals surface area contributed by atoms with Crippen LogP contribution in [-0.2, 0) is 4.79 Å². The Hall–Kier alpha value is -0.390. The van der Waals surface area contributed by atoms with E-state index in [1.807, 2.05) is 6.92 Å². The minimum absolute atomic E-state index is 0.0239. The Bertz CT molecular complexity index is 435. The molecular formula is C13H18Br2N2O. The molecule has 0 aliphatic carbocycles. The van der Waals surface area contributed by atoms with E-state index in [2.05, 4.69) is 44.0 Å². The van der Waals surface area contributed by atoms with Gasteiger partial charge in [-0.05, 0) is 43.0 Å². The van der Waals surface area contributed by atoms with E-state index < -0.39 is 0 Å². The SMILES string of the molecule is Cc1cc(Br)c(C(N)CCCCC(N)=O)cc1Br. The van der Waals surface area contributed by atoms with Gasteiger partial charge < -0.3 is 11.5 Å². The molecular weight excluding hydrogens is 360 g/mol. The quantitative estimate of drug-likeness (QED) is 0.744. The van der Waals surface area contributed by atoms with E-state index in [0.29, 0.717) is 6.42 Å². The Morgan fingerprint density at radius 2 is 1.94 bits per heavy atom. The van der Waals surface area contributed by atoms with E-state index in [-0.39, 0.29) is 11.9 Å². The number of benzene rings is 1. The van der Waals surface area contributed by atoms with Crippen LogP contribution in [0, 0.1) is 6.92 Å². The van der Waals surface area contributed by atoms with Crippen LogP contribution in [0.5, 0.6) is 0 Å². The van der Waals surface area contributed by atoms with Crippen molar-refractivity contribution >= 4 is 37.8 Å². The number of halogens is 2. The van der Waals surface area contributed by atoms with Gasteiger partial charge in [-0.2, -0.15) is 0 Å². The third kappa shape index (κ3) is 4.71. The van der Waals surface area contributed by atoms with Crippen molar-refractivity contribution in [2.75, 3.05) is 0 Å². The zero-order chi connectivity index (χ0) is 13.7. The second-order valence-corrected chi connectivity index (χ2v) is 6.15. The highest BCUT2D eigenvalue weighted by atomic mass is 79.9. The monoisotopic (exact) mass is 376 g/mol. The van der Waals surface area contributed by atoms with Gasteiger partial charge in [-0.3, -0.25) is 4.79 Å². The Balaban J connectivity index is 2.58. The highest BCUT2D eigenvalue weighted by molar-refractivity contribution is 9.11. The van der Waals surface area contributed by atoms with Gasteiger partial charge in [0.15, 0.2) is 0 Å². The fraction of sp³-hybridized carbons (Fsp3) is 0.462. The summed E-state index contributed by atoms with van der Waals surface area (Å²) >= 11 is 7.05. The van der Waals surface area contributed by atoms with Gasteiger partial charge in [-0.25, -0.2) is 0 Å². The van der Waals surface area contributed by atoms with Crippen molar-refractivity contribution in [2.24, 2.45) is 11.5 Å². The van der Waals surface area contributed by atoms with Crippen molar-refractivity contribution in [2.45, 2.75) is 38.6 Å². The van der Waals surface area contributed by atoms with Crippen molar-refractivity contribution in [1.29, 1.82) is 0 Å². The molecule has 0 spiro atoms. The maximum Gasteiger partial charge on any atom is 0.217 e. The molecule has 18 heavy (non-hydrogen) atoms. The Morgan fingerprint density at radius 1 is 1.28 bits per heavy atom. The van der Waals surface area contributed by atoms with E-state index in [9.17, 15) is 4.79 Å². The van der Waals surface area contributed by atoms with E-state index in [1.165, 1.54) is 5.56 Å². The maximum atomic E-state index is 10.6. The molecule has 0 saturated heterocycles. The second kappa shape index (κ2) is 7.26. The van der Waals surface area contributed by atoms with Crippen molar-refractivity contribution in [3.8, 4) is 0 Å². The second-order valence-electron chi connectivity index (χ2n) is 4.44. The first-order valence-electron chi connectivity index (χ1n) is 5.91. The number of primary amides is 1. The first kappa shape index (κ1) is 15.7. The molecule has 3 nitrogen and oxygen atoms in total. The van der Waals surface area contributed by atoms with E-state index in [1.54, 1.807) is 0 Å². The fourth-order valence-electron chi connectivity index (χ4n) is 1.76.